The van der Waals surface area contributed by atoms with Gasteiger partial charge >= 0.3 is 0 Å². The van der Waals surface area contributed by atoms with E-state index in [4.69, 9.17) is 5.73 Å². The van der Waals surface area contributed by atoms with Gasteiger partial charge in [0.1, 0.15) is 0 Å². The minimum Gasteiger partial charge on any atom is -0.341 e. The average molecular weight is 275 g/mol. The average Bonchev–Trinajstić information content (AvgIpc) is 3.08. The van der Waals surface area contributed by atoms with Crippen molar-refractivity contribution in [2.24, 2.45) is 5.73 Å². The van der Waals surface area contributed by atoms with Crippen LogP contribution in [0.2, 0.25) is 0 Å². The fourth-order valence-electron chi connectivity index (χ4n) is 3.37. The highest BCUT2D eigenvalue weighted by Crippen LogP contribution is 2.24. The van der Waals surface area contributed by atoms with E-state index in [1.54, 1.807) is 0 Å². The third-order valence-electron chi connectivity index (χ3n) is 4.56. The van der Waals surface area contributed by atoms with Crippen LogP contribution in [0.15, 0.2) is 25.0 Å². The standard InChI is InChI=1S/C15H25N5/c1-2-7-19-11-6-17-15(19)20-10-5-14(12-20)18-8-3-13(16)4-9-18/h2,6,11,13-14H,1,3-5,7-10,12,16H2. The van der Waals surface area contributed by atoms with Crippen molar-refractivity contribution in [2.45, 2.75) is 37.9 Å². The van der Waals surface area contributed by atoms with E-state index in [0.717, 1.165) is 51.5 Å². The molecule has 1 atom stereocenters. The predicted molar refractivity (Wildman–Crippen MR) is 81.8 cm³/mol. The predicted octanol–water partition coefficient (Wildman–Crippen LogP) is 1.07. The summed E-state index contributed by atoms with van der Waals surface area (Å²) in [4.78, 5) is 9.53. The van der Waals surface area contributed by atoms with Gasteiger partial charge in [-0.3, -0.25) is 4.90 Å². The minimum atomic E-state index is 0.412. The lowest BCUT2D eigenvalue weighted by molar-refractivity contribution is 0.163. The third kappa shape index (κ3) is 2.74. The molecule has 0 spiro atoms. The highest BCUT2D eigenvalue weighted by atomic mass is 15.3. The molecule has 0 saturated carbocycles. The number of piperidine rings is 1. The van der Waals surface area contributed by atoms with E-state index >= 15 is 0 Å². The Kier molecular flexibility index (Phi) is 4.08. The summed E-state index contributed by atoms with van der Waals surface area (Å²) in [5.41, 5.74) is 5.99. The van der Waals surface area contributed by atoms with Crippen molar-refractivity contribution >= 4 is 5.95 Å². The number of anilines is 1. The summed E-state index contributed by atoms with van der Waals surface area (Å²) in [6.45, 7) is 9.13. The van der Waals surface area contributed by atoms with Crippen molar-refractivity contribution in [3.63, 3.8) is 0 Å². The molecule has 0 amide bonds. The molecule has 2 fully saturated rings. The molecular weight excluding hydrogens is 250 g/mol. The van der Waals surface area contributed by atoms with Crippen molar-refractivity contribution in [2.75, 3.05) is 31.1 Å². The Balaban J connectivity index is 1.61. The summed E-state index contributed by atoms with van der Waals surface area (Å²) in [5, 5.41) is 0. The maximum atomic E-state index is 5.99. The van der Waals surface area contributed by atoms with Gasteiger partial charge in [-0.25, -0.2) is 4.98 Å². The second-order valence-electron chi connectivity index (χ2n) is 5.93. The van der Waals surface area contributed by atoms with Crippen molar-refractivity contribution in [3.05, 3.63) is 25.0 Å². The van der Waals surface area contributed by atoms with Crippen LogP contribution < -0.4 is 10.6 Å². The lowest BCUT2D eigenvalue weighted by Gasteiger charge is -2.34. The largest absolute Gasteiger partial charge is 0.341 e. The molecule has 3 rings (SSSR count). The first-order valence-corrected chi connectivity index (χ1v) is 7.64. The Morgan fingerprint density at radius 2 is 2.10 bits per heavy atom. The Hall–Kier alpha value is -1.33. The summed E-state index contributed by atoms with van der Waals surface area (Å²) in [7, 11) is 0. The lowest BCUT2D eigenvalue weighted by Crippen LogP contribution is -2.46. The fourth-order valence-corrected chi connectivity index (χ4v) is 3.37. The second-order valence-corrected chi connectivity index (χ2v) is 5.93. The summed E-state index contributed by atoms with van der Waals surface area (Å²) < 4.78 is 2.17. The van der Waals surface area contributed by atoms with Crippen LogP contribution in [0, 0.1) is 0 Å². The molecule has 110 valence electrons. The van der Waals surface area contributed by atoms with Crippen LogP contribution in [0.1, 0.15) is 19.3 Å². The van der Waals surface area contributed by atoms with Gasteiger partial charge in [0.25, 0.3) is 0 Å². The molecule has 1 aromatic rings. The van der Waals surface area contributed by atoms with E-state index in [0.29, 0.717) is 12.1 Å². The summed E-state index contributed by atoms with van der Waals surface area (Å²) in [6, 6.07) is 1.08. The van der Waals surface area contributed by atoms with E-state index in [1.807, 2.05) is 18.5 Å². The molecule has 5 nitrogen and oxygen atoms in total. The summed E-state index contributed by atoms with van der Waals surface area (Å²) >= 11 is 0. The van der Waals surface area contributed by atoms with Crippen LogP contribution in [0.5, 0.6) is 0 Å². The van der Waals surface area contributed by atoms with E-state index in [2.05, 4.69) is 25.9 Å². The smallest absolute Gasteiger partial charge is 0.205 e. The van der Waals surface area contributed by atoms with E-state index in [-0.39, 0.29) is 0 Å². The maximum Gasteiger partial charge on any atom is 0.205 e. The monoisotopic (exact) mass is 275 g/mol. The third-order valence-corrected chi connectivity index (χ3v) is 4.56. The molecule has 20 heavy (non-hydrogen) atoms. The number of rotatable bonds is 4. The first-order chi connectivity index (χ1) is 9.78. The van der Waals surface area contributed by atoms with Gasteiger partial charge in [-0.1, -0.05) is 6.08 Å². The molecule has 2 N–H and O–H groups in total. The lowest BCUT2D eigenvalue weighted by atomic mass is 10.0. The zero-order chi connectivity index (χ0) is 13.9. The molecule has 0 aliphatic carbocycles. The highest BCUT2D eigenvalue weighted by Gasteiger charge is 2.31. The summed E-state index contributed by atoms with van der Waals surface area (Å²) in [6.07, 6.45) is 9.35. The zero-order valence-electron chi connectivity index (χ0n) is 12.1. The fraction of sp³-hybridized carbons (Fsp3) is 0.667. The molecule has 0 radical (unpaired) electrons. The van der Waals surface area contributed by atoms with E-state index in [1.165, 1.54) is 6.42 Å². The molecular formula is C15H25N5. The van der Waals surface area contributed by atoms with Gasteiger partial charge in [0.05, 0.1) is 0 Å². The molecule has 1 unspecified atom stereocenters. The van der Waals surface area contributed by atoms with E-state index < -0.39 is 0 Å². The Bertz CT molecular complexity index is 447. The van der Waals surface area contributed by atoms with Gasteiger partial charge in [0.15, 0.2) is 0 Å². The second kappa shape index (κ2) is 5.97. The van der Waals surface area contributed by atoms with Gasteiger partial charge in [-0.2, -0.15) is 0 Å². The number of nitrogens with zero attached hydrogens (tertiary/aromatic N) is 4. The van der Waals surface area contributed by atoms with Crippen LogP contribution in [0.3, 0.4) is 0 Å². The van der Waals surface area contributed by atoms with Crippen LogP contribution in [0.4, 0.5) is 5.95 Å². The Labute approximate surface area is 121 Å². The van der Waals surface area contributed by atoms with Crippen molar-refractivity contribution in [1.82, 2.24) is 14.5 Å². The van der Waals surface area contributed by atoms with Crippen molar-refractivity contribution in [1.29, 1.82) is 0 Å². The number of nitrogens with two attached hydrogens (primary N) is 1. The Morgan fingerprint density at radius 3 is 2.85 bits per heavy atom. The highest BCUT2D eigenvalue weighted by molar-refractivity contribution is 5.34. The number of likely N-dealkylation sites (tertiary alicyclic amines) is 1. The Morgan fingerprint density at radius 1 is 1.30 bits per heavy atom. The molecule has 2 saturated heterocycles. The molecule has 5 heteroatoms. The van der Waals surface area contributed by atoms with E-state index in [9.17, 15) is 0 Å². The van der Waals surface area contributed by atoms with Gasteiger partial charge in [-0.15, -0.1) is 6.58 Å². The van der Waals surface area contributed by atoms with Gasteiger partial charge in [0.2, 0.25) is 5.95 Å². The number of hydrogen-bond donors (Lipinski definition) is 1. The minimum absolute atomic E-state index is 0.412. The molecule has 3 heterocycles. The number of imidazole rings is 1. The number of hydrogen-bond acceptors (Lipinski definition) is 4. The van der Waals surface area contributed by atoms with Crippen LogP contribution in [-0.4, -0.2) is 52.7 Å². The first-order valence-electron chi connectivity index (χ1n) is 7.64. The van der Waals surface area contributed by atoms with Gasteiger partial charge in [-0.05, 0) is 32.4 Å². The quantitative estimate of drug-likeness (QED) is 0.835. The molecule has 2 aliphatic rings. The number of allylic oxidation sites excluding steroid dienone is 1. The molecule has 1 aromatic heterocycles. The zero-order valence-corrected chi connectivity index (χ0v) is 12.1. The summed E-state index contributed by atoms with van der Waals surface area (Å²) in [5.74, 6) is 1.08. The van der Waals surface area contributed by atoms with Crippen LogP contribution in [0.25, 0.3) is 0 Å². The van der Waals surface area contributed by atoms with Crippen molar-refractivity contribution < 1.29 is 0 Å². The SMILES string of the molecule is C=CCn1ccnc1N1CCC(N2CCC(N)CC2)C1. The number of aromatic nitrogens is 2. The normalized spacial score (nSPS) is 25.2. The first kappa shape index (κ1) is 13.6. The van der Waals surface area contributed by atoms with Gasteiger partial charge < -0.3 is 15.2 Å². The molecule has 2 aliphatic heterocycles. The molecule has 0 bridgehead atoms. The topological polar surface area (TPSA) is 50.3 Å². The maximum absolute atomic E-state index is 5.99. The van der Waals surface area contributed by atoms with Crippen LogP contribution in [-0.2, 0) is 6.54 Å². The van der Waals surface area contributed by atoms with Crippen molar-refractivity contribution in [3.8, 4) is 0 Å². The van der Waals surface area contributed by atoms with Gasteiger partial charge in [0, 0.05) is 44.1 Å². The van der Waals surface area contributed by atoms with Crippen LogP contribution >= 0.6 is 0 Å². The molecule has 0 aromatic carbocycles.